The first kappa shape index (κ1) is 16.8. The molecule has 1 saturated heterocycles. The van der Waals surface area contributed by atoms with Gasteiger partial charge in [-0.3, -0.25) is 4.79 Å². The Balaban J connectivity index is 0.00000200. The maximum Gasteiger partial charge on any atom is 0.252 e. The second kappa shape index (κ2) is 8.79. The fourth-order valence-corrected chi connectivity index (χ4v) is 1.90. The second-order valence-electron chi connectivity index (χ2n) is 4.48. The van der Waals surface area contributed by atoms with Crippen LogP contribution >= 0.6 is 12.4 Å². The van der Waals surface area contributed by atoms with Crippen molar-refractivity contribution < 1.29 is 14.3 Å². The Morgan fingerprint density at radius 2 is 2.20 bits per heavy atom. The van der Waals surface area contributed by atoms with Crippen molar-refractivity contribution in [2.75, 3.05) is 39.9 Å². The molecule has 6 heteroatoms. The van der Waals surface area contributed by atoms with Gasteiger partial charge in [-0.1, -0.05) is 18.2 Å². The number of morpholine rings is 1. The zero-order chi connectivity index (χ0) is 13.5. The number of nitrogens with zero attached hydrogens (tertiary/aromatic N) is 1. The number of carbonyl (C=O) groups is 1. The van der Waals surface area contributed by atoms with Gasteiger partial charge in [0.25, 0.3) is 5.91 Å². The number of carbonyl (C=O) groups excluding carboxylic acids is 1. The molecule has 0 radical (unpaired) electrons. The third-order valence-electron chi connectivity index (χ3n) is 3.02. The first-order valence-electron chi connectivity index (χ1n) is 6.52. The molecule has 1 aromatic rings. The molecule has 1 atom stereocenters. The van der Waals surface area contributed by atoms with Crippen molar-refractivity contribution in [3.8, 4) is 5.75 Å². The summed E-state index contributed by atoms with van der Waals surface area (Å²) in [6, 6.07) is 9.58. The number of likely N-dealkylation sites (N-methyl/N-ethyl adjacent to an activating group) is 1. The molecule has 1 unspecified atom stereocenters. The van der Waals surface area contributed by atoms with Gasteiger partial charge in [-0.25, -0.2) is 0 Å². The fourth-order valence-electron chi connectivity index (χ4n) is 1.90. The predicted molar refractivity (Wildman–Crippen MR) is 79.4 cm³/mol. The summed E-state index contributed by atoms with van der Waals surface area (Å²) in [4.78, 5) is 13.7. The fraction of sp³-hybridized carbons (Fsp3) is 0.500. The van der Waals surface area contributed by atoms with E-state index in [-0.39, 0.29) is 24.4 Å². The SMILES string of the molecule is CN(CCOc1ccccc1)C(=O)C1CNCCO1.Cl. The Kier molecular flexibility index (Phi) is 7.36. The van der Waals surface area contributed by atoms with Gasteiger partial charge in [0.05, 0.1) is 13.2 Å². The molecule has 1 heterocycles. The number of nitrogens with one attached hydrogen (secondary N) is 1. The molecule has 5 nitrogen and oxygen atoms in total. The molecule has 0 saturated carbocycles. The Bertz CT molecular complexity index is 397. The molecule has 0 aromatic heterocycles. The Labute approximate surface area is 125 Å². The number of amides is 1. The Morgan fingerprint density at radius 3 is 2.85 bits per heavy atom. The second-order valence-corrected chi connectivity index (χ2v) is 4.48. The van der Waals surface area contributed by atoms with E-state index in [0.717, 1.165) is 12.3 Å². The lowest BCUT2D eigenvalue weighted by Crippen LogP contribution is -2.49. The van der Waals surface area contributed by atoms with Crippen LogP contribution in [-0.4, -0.2) is 56.8 Å². The Hall–Kier alpha value is -1.30. The van der Waals surface area contributed by atoms with Gasteiger partial charge in [0.15, 0.2) is 0 Å². The summed E-state index contributed by atoms with van der Waals surface area (Å²) in [5.74, 6) is 0.822. The molecule has 1 fully saturated rings. The zero-order valence-corrected chi connectivity index (χ0v) is 12.4. The summed E-state index contributed by atoms with van der Waals surface area (Å²) >= 11 is 0. The lowest BCUT2D eigenvalue weighted by atomic mass is 10.2. The maximum absolute atomic E-state index is 12.0. The largest absolute Gasteiger partial charge is 0.492 e. The van der Waals surface area contributed by atoms with Crippen LogP contribution in [-0.2, 0) is 9.53 Å². The van der Waals surface area contributed by atoms with Crippen LogP contribution in [0.1, 0.15) is 0 Å². The highest BCUT2D eigenvalue weighted by molar-refractivity contribution is 5.85. The molecule has 2 rings (SSSR count). The smallest absolute Gasteiger partial charge is 0.252 e. The van der Waals surface area contributed by atoms with Gasteiger partial charge in [-0.05, 0) is 12.1 Å². The van der Waals surface area contributed by atoms with E-state index in [9.17, 15) is 4.79 Å². The quantitative estimate of drug-likeness (QED) is 0.879. The molecule has 1 aliphatic rings. The van der Waals surface area contributed by atoms with Crippen molar-refractivity contribution in [2.24, 2.45) is 0 Å². The summed E-state index contributed by atoms with van der Waals surface area (Å²) in [6.07, 6.45) is -0.365. The minimum absolute atomic E-state index is 0. The number of rotatable bonds is 5. The van der Waals surface area contributed by atoms with Crippen molar-refractivity contribution >= 4 is 18.3 Å². The summed E-state index contributed by atoms with van der Waals surface area (Å²) < 4.78 is 11.0. The highest BCUT2D eigenvalue weighted by Gasteiger charge is 2.24. The van der Waals surface area contributed by atoms with E-state index in [1.54, 1.807) is 11.9 Å². The van der Waals surface area contributed by atoms with Crippen molar-refractivity contribution in [2.45, 2.75) is 6.10 Å². The van der Waals surface area contributed by atoms with Gasteiger partial charge < -0.3 is 19.7 Å². The van der Waals surface area contributed by atoms with Gasteiger partial charge in [-0.15, -0.1) is 12.4 Å². The van der Waals surface area contributed by atoms with Crippen LogP contribution in [0.5, 0.6) is 5.75 Å². The van der Waals surface area contributed by atoms with E-state index in [1.165, 1.54) is 0 Å². The third-order valence-corrected chi connectivity index (χ3v) is 3.02. The van der Waals surface area contributed by atoms with Crippen molar-refractivity contribution in [1.82, 2.24) is 10.2 Å². The van der Waals surface area contributed by atoms with Gasteiger partial charge in [0.2, 0.25) is 0 Å². The van der Waals surface area contributed by atoms with Gasteiger partial charge >= 0.3 is 0 Å². The number of ether oxygens (including phenoxy) is 2. The van der Waals surface area contributed by atoms with Crippen LogP contribution in [0.4, 0.5) is 0 Å². The standard InChI is InChI=1S/C14H20N2O3.ClH/c1-16(14(17)13-11-15-7-9-19-13)8-10-18-12-5-3-2-4-6-12;/h2-6,13,15H,7-11H2,1H3;1H. The van der Waals surface area contributed by atoms with Crippen molar-refractivity contribution in [1.29, 1.82) is 0 Å². The molecular weight excluding hydrogens is 280 g/mol. The minimum Gasteiger partial charge on any atom is -0.492 e. The number of halogens is 1. The Morgan fingerprint density at radius 1 is 1.45 bits per heavy atom. The zero-order valence-electron chi connectivity index (χ0n) is 11.6. The lowest BCUT2D eigenvalue weighted by Gasteiger charge is -2.27. The first-order chi connectivity index (χ1) is 9.27. The molecule has 0 spiro atoms. The molecule has 1 aliphatic heterocycles. The predicted octanol–water partition coefficient (Wildman–Crippen LogP) is 0.934. The number of hydrogen-bond acceptors (Lipinski definition) is 4. The summed E-state index contributed by atoms with van der Waals surface area (Å²) in [5, 5.41) is 3.15. The lowest BCUT2D eigenvalue weighted by molar-refractivity contribution is -0.144. The topological polar surface area (TPSA) is 50.8 Å². The van der Waals surface area contributed by atoms with Crippen LogP contribution in [0.3, 0.4) is 0 Å². The summed E-state index contributed by atoms with van der Waals surface area (Å²) in [6.45, 7) is 3.01. The molecule has 0 bridgehead atoms. The third kappa shape index (κ3) is 5.00. The summed E-state index contributed by atoms with van der Waals surface area (Å²) in [5.41, 5.74) is 0. The molecular formula is C14H21ClN2O3. The van der Waals surface area contributed by atoms with E-state index < -0.39 is 0 Å². The molecule has 1 aromatic carbocycles. The maximum atomic E-state index is 12.0. The minimum atomic E-state index is -0.365. The van der Waals surface area contributed by atoms with Crippen LogP contribution in [0, 0.1) is 0 Å². The van der Waals surface area contributed by atoms with E-state index in [0.29, 0.717) is 26.3 Å². The normalized spacial score (nSPS) is 17.9. The molecule has 1 N–H and O–H groups in total. The highest BCUT2D eigenvalue weighted by Crippen LogP contribution is 2.08. The molecule has 1 amide bonds. The number of benzene rings is 1. The highest BCUT2D eigenvalue weighted by atomic mass is 35.5. The molecule has 0 aliphatic carbocycles. The van der Waals surface area contributed by atoms with E-state index in [1.807, 2.05) is 30.3 Å². The van der Waals surface area contributed by atoms with Crippen LogP contribution in [0.25, 0.3) is 0 Å². The average Bonchev–Trinajstić information content (AvgIpc) is 2.48. The average molecular weight is 301 g/mol. The van der Waals surface area contributed by atoms with Gasteiger partial charge in [0, 0.05) is 20.1 Å². The van der Waals surface area contributed by atoms with E-state index in [4.69, 9.17) is 9.47 Å². The van der Waals surface area contributed by atoms with Crippen LogP contribution < -0.4 is 10.1 Å². The summed E-state index contributed by atoms with van der Waals surface area (Å²) in [7, 11) is 1.77. The number of para-hydroxylation sites is 1. The monoisotopic (exact) mass is 300 g/mol. The van der Waals surface area contributed by atoms with Crippen LogP contribution in [0.2, 0.25) is 0 Å². The van der Waals surface area contributed by atoms with E-state index in [2.05, 4.69) is 5.32 Å². The van der Waals surface area contributed by atoms with Crippen molar-refractivity contribution in [3.63, 3.8) is 0 Å². The van der Waals surface area contributed by atoms with E-state index >= 15 is 0 Å². The molecule has 112 valence electrons. The van der Waals surface area contributed by atoms with Crippen LogP contribution in [0.15, 0.2) is 30.3 Å². The van der Waals surface area contributed by atoms with Crippen molar-refractivity contribution in [3.05, 3.63) is 30.3 Å². The number of hydrogen-bond donors (Lipinski definition) is 1. The molecule has 20 heavy (non-hydrogen) atoms. The first-order valence-corrected chi connectivity index (χ1v) is 6.52. The van der Waals surface area contributed by atoms with Gasteiger partial charge in [-0.2, -0.15) is 0 Å². The van der Waals surface area contributed by atoms with Gasteiger partial charge in [0.1, 0.15) is 18.5 Å².